The van der Waals surface area contributed by atoms with Gasteiger partial charge >= 0.3 is 0 Å². The molecule has 2 nitrogen and oxygen atoms in total. The second kappa shape index (κ2) is 10.7. The second-order valence-electron chi connectivity index (χ2n) is 5.22. The highest BCUT2D eigenvalue weighted by Gasteiger charge is 2.15. The number of hydrogen-bond acceptors (Lipinski definition) is 2. The summed E-state index contributed by atoms with van der Waals surface area (Å²) in [6.07, 6.45) is 10.8. The topological polar surface area (TPSA) is 20.3 Å². The van der Waals surface area contributed by atoms with Crippen LogP contribution in [0.15, 0.2) is 0 Å². The standard InChI is InChI=1S/C15H29NOS/c1-2-3-13-18-14-9-5-8-12-16-11-7-4-6-10-15(16)17/h2-14H2,1H3. The van der Waals surface area contributed by atoms with Gasteiger partial charge < -0.3 is 4.90 Å². The Morgan fingerprint density at radius 3 is 2.72 bits per heavy atom. The van der Waals surface area contributed by atoms with Crippen LogP contribution in [0.4, 0.5) is 0 Å². The van der Waals surface area contributed by atoms with Gasteiger partial charge in [0, 0.05) is 19.5 Å². The highest BCUT2D eigenvalue weighted by atomic mass is 32.2. The van der Waals surface area contributed by atoms with Gasteiger partial charge in [-0.2, -0.15) is 11.8 Å². The third kappa shape index (κ3) is 7.30. The Labute approximate surface area is 117 Å². The van der Waals surface area contributed by atoms with Crippen LogP contribution in [0.25, 0.3) is 0 Å². The van der Waals surface area contributed by atoms with Crippen molar-refractivity contribution in [1.82, 2.24) is 4.90 Å². The van der Waals surface area contributed by atoms with E-state index in [4.69, 9.17) is 0 Å². The van der Waals surface area contributed by atoms with Crippen molar-refractivity contribution < 1.29 is 4.79 Å². The molecule has 0 aliphatic carbocycles. The van der Waals surface area contributed by atoms with E-state index >= 15 is 0 Å². The summed E-state index contributed by atoms with van der Waals surface area (Å²) in [6.45, 7) is 4.25. The smallest absolute Gasteiger partial charge is 0.222 e. The second-order valence-corrected chi connectivity index (χ2v) is 6.44. The molecule has 0 spiro atoms. The number of amides is 1. The predicted octanol–water partition coefficient (Wildman–Crippen LogP) is 4.09. The minimum atomic E-state index is 0.393. The van der Waals surface area contributed by atoms with E-state index in [1.165, 1.54) is 56.5 Å². The molecule has 0 unspecified atom stereocenters. The predicted molar refractivity (Wildman–Crippen MR) is 81.1 cm³/mol. The zero-order valence-corrected chi connectivity index (χ0v) is 12.8. The van der Waals surface area contributed by atoms with Crippen LogP contribution >= 0.6 is 11.8 Å². The van der Waals surface area contributed by atoms with Crippen molar-refractivity contribution in [2.45, 2.75) is 64.7 Å². The maximum atomic E-state index is 11.8. The SMILES string of the molecule is CCCCSCCCCCN1CCCCCC1=O. The Bertz CT molecular complexity index is 221. The minimum absolute atomic E-state index is 0.393. The Hall–Kier alpha value is -0.180. The molecule has 0 aromatic carbocycles. The van der Waals surface area contributed by atoms with Crippen LogP contribution in [0, 0.1) is 0 Å². The molecule has 0 atom stereocenters. The zero-order chi connectivity index (χ0) is 13.1. The van der Waals surface area contributed by atoms with Crippen molar-refractivity contribution >= 4 is 17.7 Å². The zero-order valence-electron chi connectivity index (χ0n) is 12.0. The van der Waals surface area contributed by atoms with Crippen LogP contribution in [-0.2, 0) is 4.79 Å². The number of carbonyl (C=O) groups is 1. The van der Waals surface area contributed by atoms with Gasteiger partial charge in [-0.05, 0) is 43.6 Å². The van der Waals surface area contributed by atoms with E-state index in [0.29, 0.717) is 5.91 Å². The summed E-state index contributed by atoms with van der Waals surface area (Å²) in [5, 5.41) is 0. The van der Waals surface area contributed by atoms with Crippen molar-refractivity contribution in [2.75, 3.05) is 24.6 Å². The van der Waals surface area contributed by atoms with E-state index in [-0.39, 0.29) is 0 Å². The van der Waals surface area contributed by atoms with Gasteiger partial charge in [0.25, 0.3) is 0 Å². The van der Waals surface area contributed by atoms with Crippen molar-refractivity contribution in [2.24, 2.45) is 0 Å². The molecular formula is C15H29NOS. The Morgan fingerprint density at radius 1 is 1.06 bits per heavy atom. The number of thioether (sulfide) groups is 1. The summed E-state index contributed by atoms with van der Waals surface area (Å²) >= 11 is 2.09. The van der Waals surface area contributed by atoms with E-state index in [2.05, 4.69) is 23.6 Å². The van der Waals surface area contributed by atoms with Crippen LogP contribution in [-0.4, -0.2) is 35.4 Å². The van der Waals surface area contributed by atoms with Crippen molar-refractivity contribution in [3.05, 3.63) is 0 Å². The molecule has 0 N–H and O–H groups in total. The van der Waals surface area contributed by atoms with Crippen LogP contribution in [0.5, 0.6) is 0 Å². The highest BCUT2D eigenvalue weighted by molar-refractivity contribution is 7.99. The number of unbranched alkanes of at least 4 members (excludes halogenated alkanes) is 3. The average molecular weight is 271 g/mol. The molecule has 106 valence electrons. The molecule has 1 aliphatic rings. The molecule has 0 radical (unpaired) electrons. The summed E-state index contributed by atoms with van der Waals surface area (Å²) < 4.78 is 0. The molecule has 0 bridgehead atoms. The number of carbonyl (C=O) groups excluding carboxylic acids is 1. The molecule has 0 aromatic rings. The van der Waals surface area contributed by atoms with E-state index in [1.807, 2.05) is 0 Å². The third-order valence-corrected chi connectivity index (χ3v) is 4.69. The van der Waals surface area contributed by atoms with Gasteiger partial charge in [-0.3, -0.25) is 4.79 Å². The lowest BCUT2D eigenvalue weighted by molar-refractivity contribution is -0.130. The molecule has 1 rings (SSSR count). The molecule has 1 aliphatic heterocycles. The lowest BCUT2D eigenvalue weighted by atomic mass is 10.2. The lowest BCUT2D eigenvalue weighted by Crippen LogP contribution is -2.31. The molecule has 1 heterocycles. The molecule has 1 amide bonds. The fraction of sp³-hybridized carbons (Fsp3) is 0.933. The van der Waals surface area contributed by atoms with Gasteiger partial charge in [0.1, 0.15) is 0 Å². The first kappa shape index (κ1) is 15.9. The van der Waals surface area contributed by atoms with E-state index in [1.54, 1.807) is 0 Å². The number of likely N-dealkylation sites (tertiary alicyclic amines) is 1. The molecule has 1 fully saturated rings. The summed E-state index contributed by atoms with van der Waals surface area (Å²) in [7, 11) is 0. The first-order valence-corrected chi connectivity index (χ1v) is 8.85. The van der Waals surface area contributed by atoms with E-state index < -0.39 is 0 Å². The summed E-state index contributed by atoms with van der Waals surface area (Å²) in [5.74, 6) is 3.01. The molecule has 18 heavy (non-hydrogen) atoms. The van der Waals surface area contributed by atoms with Crippen molar-refractivity contribution in [3.63, 3.8) is 0 Å². The normalized spacial score (nSPS) is 16.9. The molecule has 0 aromatic heterocycles. The van der Waals surface area contributed by atoms with Gasteiger partial charge in [0.2, 0.25) is 5.91 Å². The van der Waals surface area contributed by atoms with E-state index in [9.17, 15) is 4.79 Å². The number of nitrogens with zero attached hydrogens (tertiary/aromatic N) is 1. The fourth-order valence-corrected chi connectivity index (χ4v) is 3.41. The maximum Gasteiger partial charge on any atom is 0.222 e. The summed E-state index contributed by atoms with van der Waals surface area (Å²) in [4.78, 5) is 13.9. The van der Waals surface area contributed by atoms with Crippen LogP contribution in [0.1, 0.15) is 64.7 Å². The van der Waals surface area contributed by atoms with Crippen LogP contribution in [0.2, 0.25) is 0 Å². The number of hydrogen-bond donors (Lipinski definition) is 0. The first-order chi connectivity index (χ1) is 8.84. The number of rotatable bonds is 9. The summed E-state index contributed by atoms with van der Waals surface area (Å²) in [5.41, 5.74) is 0. The quantitative estimate of drug-likeness (QED) is 0.589. The first-order valence-electron chi connectivity index (χ1n) is 7.70. The summed E-state index contributed by atoms with van der Waals surface area (Å²) in [6, 6.07) is 0. The lowest BCUT2D eigenvalue weighted by Gasteiger charge is -2.20. The average Bonchev–Trinajstić information content (AvgIpc) is 2.58. The highest BCUT2D eigenvalue weighted by Crippen LogP contribution is 2.13. The molecule has 3 heteroatoms. The monoisotopic (exact) mass is 271 g/mol. The Morgan fingerprint density at radius 2 is 1.89 bits per heavy atom. The van der Waals surface area contributed by atoms with Gasteiger partial charge in [0.05, 0.1) is 0 Å². The maximum absolute atomic E-state index is 11.8. The van der Waals surface area contributed by atoms with Gasteiger partial charge in [-0.25, -0.2) is 0 Å². The molecule has 0 saturated carbocycles. The van der Waals surface area contributed by atoms with E-state index in [0.717, 1.165) is 25.9 Å². The third-order valence-electron chi connectivity index (χ3n) is 3.53. The van der Waals surface area contributed by atoms with Crippen LogP contribution < -0.4 is 0 Å². The van der Waals surface area contributed by atoms with Crippen molar-refractivity contribution in [1.29, 1.82) is 0 Å². The molecule has 1 saturated heterocycles. The van der Waals surface area contributed by atoms with Gasteiger partial charge in [-0.1, -0.05) is 26.2 Å². The van der Waals surface area contributed by atoms with Crippen molar-refractivity contribution in [3.8, 4) is 0 Å². The Kier molecular flexibility index (Phi) is 9.45. The Balaban J connectivity index is 1.94. The largest absolute Gasteiger partial charge is 0.343 e. The minimum Gasteiger partial charge on any atom is -0.343 e. The van der Waals surface area contributed by atoms with Gasteiger partial charge in [-0.15, -0.1) is 0 Å². The fourth-order valence-electron chi connectivity index (χ4n) is 2.31. The van der Waals surface area contributed by atoms with Gasteiger partial charge in [0.15, 0.2) is 0 Å². The molecular weight excluding hydrogens is 242 g/mol. The van der Waals surface area contributed by atoms with Crippen LogP contribution in [0.3, 0.4) is 0 Å².